The number of hydrogen-bond acceptors (Lipinski definition) is 2. The van der Waals surface area contributed by atoms with Crippen molar-refractivity contribution in [2.24, 2.45) is 5.73 Å². The van der Waals surface area contributed by atoms with Crippen LogP contribution in [0.25, 0.3) is 0 Å². The summed E-state index contributed by atoms with van der Waals surface area (Å²) in [7, 11) is 1.86. The van der Waals surface area contributed by atoms with E-state index >= 15 is 0 Å². The van der Waals surface area contributed by atoms with Crippen LogP contribution in [0.15, 0.2) is 24.3 Å². The fraction of sp³-hybridized carbons (Fsp3) is 0.611. The van der Waals surface area contributed by atoms with Crippen LogP contribution in [0.1, 0.15) is 57.4 Å². The maximum absolute atomic E-state index is 12.1. The lowest BCUT2D eigenvalue weighted by Gasteiger charge is -2.17. The van der Waals surface area contributed by atoms with E-state index in [4.69, 9.17) is 5.73 Å². The minimum Gasteiger partial charge on any atom is -0.330 e. The average Bonchev–Trinajstić information content (AvgIpc) is 2.52. The number of hydrogen-bond donors (Lipinski definition) is 1. The van der Waals surface area contributed by atoms with E-state index in [1.54, 1.807) is 4.90 Å². The Bertz CT molecular complexity index is 406. The summed E-state index contributed by atoms with van der Waals surface area (Å²) in [6.45, 7) is 2.95. The molecule has 0 aliphatic heterocycles. The molecule has 0 aromatic heterocycles. The lowest BCUT2D eigenvalue weighted by Crippen LogP contribution is -2.25. The van der Waals surface area contributed by atoms with Gasteiger partial charge in [0.25, 0.3) is 0 Å². The minimum absolute atomic E-state index is 0. The fourth-order valence-electron chi connectivity index (χ4n) is 2.35. The van der Waals surface area contributed by atoms with Crippen molar-refractivity contribution in [3.8, 4) is 0 Å². The molecule has 126 valence electrons. The summed E-state index contributed by atoms with van der Waals surface area (Å²) in [6, 6.07) is 8.38. The molecule has 0 aliphatic carbocycles. The maximum Gasteiger partial charge on any atom is 0.226 e. The Morgan fingerprint density at radius 2 is 1.68 bits per heavy atom. The summed E-state index contributed by atoms with van der Waals surface area (Å²) in [5.74, 6) is 0.198. The molecular weight excluding hydrogens is 296 g/mol. The predicted molar refractivity (Wildman–Crippen MR) is 97.9 cm³/mol. The Kier molecular flexibility index (Phi) is 11.9. The van der Waals surface area contributed by atoms with Crippen molar-refractivity contribution in [1.29, 1.82) is 0 Å². The zero-order chi connectivity index (χ0) is 15.5. The smallest absolute Gasteiger partial charge is 0.226 e. The molecule has 0 aliphatic rings. The molecule has 0 heterocycles. The highest BCUT2D eigenvalue weighted by Crippen LogP contribution is 2.17. The van der Waals surface area contributed by atoms with E-state index in [-0.39, 0.29) is 18.3 Å². The first kappa shape index (κ1) is 20.9. The number of unbranched alkanes of at least 4 members (excludes halogenated alkanes) is 4. The van der Waals surface area contributed by atoms with Crippen LogP contribution < -0.4 is 10.6 Å². The number of aryl methyl sites for hydroxylation is 1. The number of benzene rings is 1. The van der Waals surface area contributed by atoms with Crippen molar-refractivity contribution in [3.05, 3.63) is 29.8 Å². The van der Waals surface area contributed by atoms with Crippen LogP contribution in [-0.2, 0) is 11.2 Å². The van der Waals surface area contributed by atoms with Crippen LogP contribution in [0.3, 0.4) is 0 Å². The summed E-state index contributed by atoms with van der Waals surface area (Å²) >= 11 is 0. The van der Waals surface area contributed by atoms with E-state index in [2.05, 4.69) is 31.2 Å². The third-order valence-corrected chi connectivity index (χ3v) is 3.86. The second-order valence-corrected chi connectivity index (χ2v) is 5.68. The molecule has 1 aromatic rings. The van der Waals surface area contributed by atoms with Gasteiger partial charge in [-0.15, -0.1) is 12.4 Å². The number of carbonyl (C=O) groups excluding carboxylic acids is 1. The monoisotopic (exact) mass is 326 g/mol. The first-order valence-electron chi connectivity index (χ1n) is 8.24. The molecule has 0 spiro atoms. The number of rotatable bonds is 10. The van der Waals surface area contributed by atoms with Crippen LogP contribution in [0, 0.1) is 0 Å². The molecule has 0 atom stereocenters. The van der Waals surface area contributed by atoms with Gasteiger partial charge in [-0.25, -0.2) is 0 Å². The lowest BCUT2D eigenvalue weighted by molar-refractivity contribution is -0.118. The summed E-state index contributed by atoms with van der Waals surface area (Å²) in [5, 5.41) is 0. The highest BCUT2D eigenvalue weighted by molar-refractivity contribution is 5.92. The summed E-state index contributed by atoms with van der Waals surface area (Å²) in [4.78, 5) is 13.9. The molecule has 1 aromatic carbocycles. The zero-order valence-corrected chi connectivity index (χ0v) is 14.8. The van der Waals surface area contributed by atoms with E-state index in [0.717, 1.165) is 44.3 Å². The van der Waals surface area contributed by atoms with Crippen molar-refractivity contribution in [1.82, 2.24) is 0 Å². The number of carbonyl (C=O) groups is 1. The molecule has 0 radical (unpaired) electrons. The van der Waals surface area contributed by atoms with Crippen LogP contribution in [0.5, 0.6) is 0 Å². The molecule has 1 rings (SSSR count). The summed E-state index contributed by atoms with van der Waals surface area (Å²) in [6.07, 6.45) is 8.41. The van der Waals surface area contributed by atoms with Gasteiger partial charge in [-0.05, 0) is 49.9 Å². The van der Waals surface area contributed by atoms with Crippen molar-refractivity contribution in [2.75, 3.05) is 18.5 Å². The van der Waals surface area contributed by atoms with Gasteiger partial charge in [-0.2, -0.15) is 0 Å². The average molecular weight is 327 g/mol. The van der Waals surface area contributed by atoms with Crippen molar-refractivity contribution in [3.63, 3.8) is 0 Å². The Morgan fingerprint density at radius 3 is 2.27 bits per heavy atom. The molecule has 0 unspecified atom stereocenters. The van der Waals surface area contributed by atoms with Crippen LogP contribution in [0.4, 0.5) is 5.69 Å². The van der Waals surface area contributed by atoms with Crippen molar-refractivity contribution in [2.45, 2.75) is 58.3 Å². The van der Waals surface area contributed by atoms with Crippen LogP contribution in [0.2, 0.25) is 0 Å². The predicted octanol–water partition coefficient (Wildman–Crippen LogP) is 4.32. The zero-order valence-electron chi connectivity index (χ0n) is 14.0. The molecule has 3 nitrogen and oxygen atoms in total. The van der Waals surface area contributed by atoms with Crippen molar-refractivity contribution >= 4 is 24.0 Å². The summed E-state index contributed by atoms with van der Waals surface area (Å²) in [5.41, 5.74) is 7.80. The second-order valence-electron chi connectivity index (χ2n) is 5.68. The molecule has 0 bridgehead atoms. The van der Waals surface area contributed by atoms with Gasteiger partial charge in [-0.1, -0.05) is 38.3 Å². The molecule has 0 saturated carbocycles. The molecule has 0 fully saturated rings. The molecule has 0 saturated heterocycles. The Hall–Kier alpha value is -1.06. The van der Waals surface area contributed by atoms with Gasteiger partial charge in [0.15, 0.2) is 0 Å². The fourth-order valence-corrected chi connectivity index (χ4v) is 2.35. The van der Waals surface area contributed by atoms with Gasteiger partial charge in [0.05, 0.1) is 0 Å². The van der Waals surface area contributed by atoms with Crippen LogP contribution in [-0.4, -0.2) is 19.5 Å². The van der Waals surface area contributed by atoms with Gasteiger partial charge in [0.1, 0.15) is 0 Å². The number of anilines is 1. The van der Waals surface area contributed by atoms with Gasteiger partial charge in [0, 0.05) is 19.2 Å². The first-order chi connectivity index (χ1) is 10.2. The van der Waals surface area contributed by atoms with E-state index in [0.29, 0.717) is 6.42 Å². The molecule has 2 N–H and O–H groups in total. The van der Waals surface area contributed by atoms with Crippen molar-refractivity contribution < 1.29 is 4.79 Å². The Balaban J connectivity index is 0.00000441. The van der Waals surface area contributed by atoms with E-state index in [1.165, 1.54) is 18.4 Å². The highest BCUT2D eigenvalue weighted by atomic mass is 35.5. The maximum atomic E-state index is 12.1. The standard InChI is InChI=1S/C18H30N2O.ClH/c1-3-4-9-16-11-13-17(14-12-16)20(2)18(21)10-7-5-6-8-15-19;/h11-14H,3-10,15,19H2,1-2H3;1H. The molecule has 22 heavy (non-hydrogen) atoms. The molecule has 4 heteroatoms. The quantitative estimate of drug-likeness (QED) is 0.651. The topological polar surface area (TPSA) is 46.3 Å². The van der Waals surface area contributed by atoms with Gasteiger partial charge in [0.2, 0.25) is 5.91 Å². The number of nitrogens with zero attached hydrogens (tertiary/aromatic N) is 1. The second kappa shape index (κ2) is 12.5. The van der Waals surface area contributed by atoms with Gasteiger partial charge >= 0.3 is 0 Å². The lowest BCUT2D eigenvalue weighted by atomic mass is 10.1. The third-order valence-electron chi connectivity index (χ3n) is 3.86. The van der Waals surface area contributed by atoms with E-state index < -0.39 is 0 Å². The molecule has 1 amide bonds. The first-order valence-corrected chi connectivity index (χ1v) is 8.24. The molecular formula is C18H31ClN2O. The summed E-state index contributed by atoms with van der Waals surface area (Å²) < 4.78 is 0. The van der Waals surface area contributed by atoms with E-state index in [9.17, 15) is 4.79 Å². The highest BCUT2D eigenvalue weighted by Gasteiger charge is 2.10. The SMILES string of the molecule is CCCCc1ccc(N(C)C(=O)CCCCCCN)cc1.Cl. The van der Waals surface area contributed by atoms with Gasteiger partial charge in [-0.3, -0.25) is 4.79 Å². The Labute approximate surface area is 141 Å². The van der Waals surface area contributed by atoms with Gasteiger partial charge < -0.3 is 10.6 Å². The third kappa shape index (κ3) is 7.81. The number of halogens is 1. The Morgan fingerprint density at radius 1 is 1.05 bits per heavy atom. The largest absolute Gasteiger partial charge is 0.330 e. The minimum atomic E-state index is 0. The number of amides is 1. The normalized spacial score (nSPS) is 10.1. The number of nitrogens with two attached hydrogens (primary N) is 1. The van der Waals surface area contributed by atoms with E-state index in [1.807, 2.05) is 7.05 Å². The van der Waals surface area contributed by atoms with Crippen LogP contribution >= 0.6 is 12.4 Å².